The highest BCUT2D eigenvalue weighted by Gasteiger charge is 2.61. The number of carbonyl (C=O) groups is 1. The van der Waals surface area contributed by atoms with Crippen molar-refractivity contribution in [1.82, 2.24) is 14.8 Å². The zero-order valence-electron chi connectivity index (χ0n) is 14.1. The first-order valence-electron chi connectivity index (χ1n) is 8.17. The van der Waals surface area contributed by atoms with E-state index in [0.29, 0.717) is 12.8 Å². The summed E-state index contributed by atoms with van der Waals surface area (Å²) in [5.41, 5.74) is -1.06. The van der Waals surface area contributed by atoms with Gasteiger partial charge in [-0.05, 0) is 37.7 Å². The van der Waals surface area contributed by atoms with E-state index in [1.165, 1.54) is 13.4 Å². The predicted molar refractivity (Wildman–Crippen MR) is 88.0 cm³/mol. The smallest absolute Gasteiger partial charge is 0.314 e. The molecule has 1 N–H and O–H groups in total. The number of hydrogen-bond donors (Lipinski definition) is 1. The number of aliphatic hydroxyl groups is 1. The number of aromatic nitrogens is 3. The molecule has 1 fully saturated rings. The number of hydrogen-bond acceptors (Lipinski definition) is 5. The Morgan fingerprint density at radius 1 is 1.42 bits per heavy atom. The van der Waals surface area contributed by atoms with Crippen molar-refractivity contribution in [2.24, 2.45) is 11.3 Å². The average Bonchev–Trinajstić information content (AvgIpc) is 3.18. The normalized spacial score (nSPS) is 29.5. The molecule has 0 radical (unpaired) electrons. The fourth-order valence-electron chi connectivity index (χ4n) is 3.91. The van der Waals surface area contributed by atoms with Gasteiger partial charge in [0.1, 0.15) is 18.3 Å². The minimum atomic E-state index is -1.25. The molecule has 24 heavy (non-hydrogen) atoms. The third-order valence-electron chi connectivity index (χ3n) is 5.45. The number of benzene rings is 1. The molecule has 1 heterocycles. The van der Waals surface area contributed by atoms with Gasteiger partial charge in [-0.1, -0.05) is 30.3 Å². The summed E-state index contributed by atoms with van der Waals surface area (Å²) >= 11 is 0. The molecule has 3 rings (SSSR count). The van der Waals surface area contributed by atoms with Crippen LogP contribution in [0.25, 0.3) is 0 Å². The van der Waals surface area contributed by atoms with Gasteiger partial charge in [-0.25, -0.2) is 4.98 Å². The van der Waals surface area contributed by atoms with Crippen molar-refractivity contribution >= 4 is 5.97 Å². The first-order valence-corrected chi connectivity index (χ1v) is 8.17. The Morgan fingerprint density at radius 3 is 2.79 bits per heavy atom. The van der Waals surface area contributed by atoms with E-state index in [-0.39, 0.29) is 18.4 Å². The van der Waals surface area contributed by atoms with Crippen molar-refractivity contribution in [3.05, 3.63) is 48.5 Å². The Labute approximate surface area is 141 Å². The van der Waals surface area contributed by atoms with Gasteiger partial charge in [0, 0.05) is 0 Å². The Hall–Kier alpha value is -2.21. The summed E-state index contributed by atoms with van der Waals surface area (Å²) < 4.78 is 6.59. The van der Waals surface area contributed by atoms with E-state index >= 15 is 0 Å². The maximum Gasteiger partial charge on any atom is 0.314 e. The molecule has 1 saturated carbocycles. The van der Waals surface area contributed by atoms with Crippen LogP contribution in [0.4, 0.5) is 0 Å². The Balaban J connectivity index is 1.94. The molecule has 2 aromatic rings. The van der Waals surface area contributed by atoms with Crippen LogP contribution in [0.1, 0.15) is 25.3 Å². The van der Waals surface area contributed by atoms with Crippen molar-refractivity contribution in [2.45, 2.75) is 38.3 Å². The van der Waals surface area contributed by atoms with E-state index in [1.54, 1.807) is 17.9 Å². The molecule has 6 nitrogen and oxygen atoms in total. The summed E-state index contributed by atoms with van der Waals surface area (Å²) in [6, 6.07) is 10.0. The molecule has 128 valence electrons. The average molecular weight is 329 g/mol. The van der Waals surface area contributed by atoms with Crippen molar-refractivity contribution in [3.8, 4) is 0 Å². The molecule has 3 atom stereocenters. The van der Waals surface area contributed by atoms with E-state index in [9.17, 15) is 9.90 Å². The van der Waals surface area contributed by atoms with Crippen LogP contribution >= 0.6 is 0 Å². The van der Waals surface area contributed by atoms with Crippen LogP contribution in [0.5, 0.6) is 0 Å². The first kappa shape index (κ1) is 16.6. The van der Waals surface area contributed by atoms with Gasteiger partial charge in [0.25, 0.3) is 0 Å². The highest BCUT2D eigenvalue weighted by atomic mass is 16.5. The summed E-state index contributed by atoms with van der Waals surface area (Å²) in [4.78, 5) is 16.4. The lowest BCUT2D eigenvalue weighted by atomic mass is 9.71. The molecule has 0 unspecified atom stereocenters. The van der Waals surface area contributed by atoms with Gasteiger partial charge >= 0.3 is 5.97 Å². The molecule has 0 amide bonds. The van der Waals surface area contributed by atoms with Crippen LogP contribution in [-0.2, 0) is 22.5 Å². The second kappa shape index (κ2) is 6.36. The van der Waals surface area contributed by atoms with Crippen molar-refractivity contribution in [1.29, 1.82) is 0 Å². The van der Waals surface area contributed by atoms with Gasteiger partial charge < -0.3 is 9.84 Å². The molecule has 6 heteroatoms. The van der Waals surface area contributed by atoms with Gasteiger partial charge in [-0.15, -0.1) is 0 Å². The van der Waals surface area contributed by atoms with Gasteiger partial charge in [-0.3, -0.25) is 9.48 Å². The van der Waals surface area contributed by atoms with Crippen LogP contribution in [0.2, 0.25) is 0 Å². The molecule has 0 aliphatic heterocycles. The van der Waals surface area contributed by atoms with Gasteiger partial charge in [0.15, 0.2) is 0 Å². The molecular weight excluding hydrogens is 306 g/mol. The summed E-state index contributed by atoms with van der Waals surface area (Å²) in [5, 5.41) is 15.7. The number of esters is 1. The van der Waals surface area contributed by atoms with Crippen LogP contribution < -0.4 is 0 Å². The van der Waals surface area contributed by atoms with E-state index in [4.69, 9.17) is 4.74 Å². The molecule has 0 bridgehead atoms. The maximum atomic E-state index is 12.5. The van der Waals surface area contributed by atoms with Crippen LogP contribution in [-0.4, -0.2) is 38.6 Å². The summed E-state index contributed by atoms with van der Waals surface area (Å²) in [5.74, 6) is -0.436. The Kier molecular flexibility index (Phi) is 4.41. The quantitative estimate of drug-likeness (QED) is 0.847. The van der Waals surface area contributed by atoms with E-state index < -0.39 is 11.0 Å². The summed E-state index contributed by atoms with van der Waals surface area (Å²) in [6.45, 7) is 2.01. The molecule has 0 spiro atoms. The zero-order chi connectivity index (χ0) is 17.2. The van der Waals surface area contributed by atoms with Gasteiger partial charge in [0.2, 0.25) is 0 Å². The lowest BCUT2D eigenvalue weighted by Gasteiger charge is -2.40. The van der Waals surface area contributed by atoms with E-state index in [2.05, 4.69) is 10.1 Å². The van der Waals surface area contributed by atoms with Crippen molar-refractivity contribution < 1.29 is 14.6 Å². The highest BCUT2D eigenvalue weighted by molar-refractivity contribution is 5.78. The molecule has 1 aliphatic rings. The van der Waals surface area contributed by atoms with Crippen molar-refractivity contribution in [2.75, 3.05) is 7.11 Å². The summed E-state index contributed by atoms with van der Waals surface area (Å²) in [6.07, 6.45) is 5.04. The van der Waals surface area contributed by atoms with Crippen LogP contribution in [0.15, 0.2) is 43.0 Å². The molecule has 1 aromatic heterocycles. The fourth-order valence-corrected chi connectivity index (χ4v) is 3.91. The number of carbonyl (C=O) groups excluding carboxylic acids is 1. The number of nitrogens with zero attached hydrogens (tertiary/aromatic N) is 3. The Bertz CT molecular complexity index is 689. The fraction of sp³-hybridized carbons (Fsp3) is 0.500. The molecule has 0 saturated heterocycles. The Morgan fingerprint density at radius 2 is 2.17 bits per heavy atom. The number of rotatable bonds is 5. The number of ether oxygens (including phenoxy) is 1. The lowest BCUT2D eigenvalue weighted by Crippen LogP contribution is -2.54. The van der Waals surface area contributed by atoms with Gasteiger partial charge in [0.05, 0.1) is 19.1 Å². The maximum absolute atomic E-state index is 12.5. The van der Waals surface area contributed by atoms with E-state index in [1.807, 2.05) is 30.3 Å². The molecule has 1 aromatic carbocycles. The van der Waals surface area contributed by atoms with Gasteiger partial charge in [-0.2, -0.15) is 5.10 Å². The minimum Gasteiger partial charge on any atom is -0.469 e. The van der Waals surface area contributed by atoms with Crippen molar-refractivity contribution in [3.63, 3.8) is 0 Å². The predicted octanol–water partition coefficient (Wildman–Crippen LogP) is 1.84. The topological polar surface area (TPSA) is 77.2 Å². The second-order valence-electron chi connectivity index (χ2n) is 6.77. The standard InChI is InChI=1S/C18H23N3O3/c1-17(16(22)24-2)9-8-15(10-14-6-4-3-5-7-14)18(17,23)11-21-13-19-12-20-21/h3-7,12-13,15,23H,8-11H2,1-2H3/t15-,17-,18-/m0/s1. The monoisotopic (exact) mass is 329 g/mol. The SMILES string of the molecule is COC(=O)[C@]1(C)CC[C@@H](Cc2ccccc2)[C@@]1(O)Cn1cncn1. The minimum absolute atomic E-state index is 0.0619. The molecule has 1 aliphatic carbocycles. The summed E-state index contributed by atoms with van der Waals surface area (Å²) in [7, 11) is 1.37. The second-order valence-corrected chi connectivity index (χ2v) is 6.77. The molecular formula is C18H23N3O3. The third-order valence-corrected chi connectivity index (χ3v) is 5.45. The largest absolute Gasteiger partial charge is 0.469 e. The number of methoxy groups -OCH3 is 1. The first-order chi connectivity index (χ1) is 11.5. The van der Waals surface area contributed by atoms with Crippen LogP contribution in [0, 0.1) is 11.3 Å². The van der Waals surface area contributed by atoms with E-state index in [0.717, 1.165) is 12.0 Å². The lowest BCUT2D eigenvalue weighted by molar-refractivity contribution is -0.173. The van der Waals surface area contributed by atoms with Crippen LogP contribution in [0.3, 0.4) is 0 Å². The third kappa shape index (κ3) is 2.71. The highest BCUT2D eigenvalue weighted by Crippen LogP contribution is 2.52. The zero-order valence-corrected chi connectivity index (χ0v) is 14.1.